The molecular formula is C82H141NO8. The fourth-order valence-corrected chi connectivity index (χ4v) is 10.5. The van der Waals surface area contributed by atoms with E-state index in [1.54, 1.807) is 0 Å². The minimum absolute atomic E-state index is 0.144. The Kier molecular flexibility index (Phi) is 68.1. The Morgan fingerprint density at radius 2 is 0.626 bits per heavy atom. The molecule has 0 aromatic heterocycles. The number of quaternary nitrogens is 1. The molecular weight excluding hydrogens is 1130 g/mol. The van der Waals surface area contributed by atoms with Gasteiger partial charge in [0.05, 0.1) is 40.3 Å². The molecule has 9 nitrogen and oxygen atoms in total. The molecule has 522 valence electrons. The maximum absolute atomic E-state index is 13.0. The van der Waals surface area contributed by atoms with Crippen molar-refractivity contribution in [3.8, 4) is 0 Å². The highest BCUT2D eigenvalue weighted by atomic mass is 16.7. The number of aliphatic carboxylic acids is 1. The van der Waals surface area contributed by atoms with E-state index in [9.17, 15) is 19.5 Å². The summed E-state index contributed by atoms with van der Waals surface area (Å²) >= 11 is 0. The molecule has 0 aromatic carbocycles. The van der Waals surface area contributed by atoms with Crippen molar-refractivity contribution in [2.24, 2.45) is 0 Å². The first-order valence-electron chi connectivity index (χ1n) is 37.7. The van der Waals surface area contributed by atoms with Gasteiger partial charge < -0.3 is 33.3 Å². The highest BCUT2D eigenvalue weighted by Crippen LogP contribution is 2.18. The second-order valence-corrected chi connectivity index (χ2v) is 26.2. The summed E-state index contributed by atoms with van der Waals surface area (Å²) in [6, 6.07) is 0. The highest BCUT2D eigenvalue weighted by Gasteiger charge is 2.22. The molecule has 0 radical (unpaired) electrons. The first kappa shape index (κ1) is 86.7. The van der Waals surface area contributed by atoms with E-state index in [2.05, 4.69) is 135 Å². The Balaban J connectivity index is 4.08. The molecule has 0 N–H and O–H groups in total. The van der Waals surface area contributed by atoms with Crippen molar-refractivity contribution < 1.29 is 42.9 Å². The fraction of sp³-hybridized carbons (Fsp3) is 0.720. The Morgan fingerprint density at radius 1 is 0.341 bits per heavy atom. The highest BCUT2D eigenvalue weighted by molar-refractivity contribution is 5.70. The van der Waals surface area contributed by atoms with Gasteiger partial charge in [0.15, 0.2) is 12.4 Å². The van der Waals surface area contributed by atoms with Crippen molar-refractivity contribution in [3.63, 3.8) is 0 Å². The van der Waals surface area contributed by atoms with Gasteiger partial charge in [0.2, 0.25) is 0 Å². The normalized spacial score (nSPS) is 13.4. The number of rotatable bonds is 69. The number of nitrogens with zero attached hydrogens (tertiary/aromatic N) is 1. The summed E-state index contributed by atoms with van der Waals surface area (Å²) < 4.78 is 22.8. The zero-order valence-electron chi connectivity index (χ0n) is 59.7. The van der Waals surface area contributed by atoms with Gasteiger partial charge in [-0.05, 0) is 109 Å². The number of allylic oxidation sites excluding steroid dienone is 20. The maximum Gasteiger partial charge on any atom is 0.306 e. The molecule has 91 heavy (non-hydrogen) atoms. The first-order chi connectivity index (χ1) is 44.6. The lowest BCUT2D eigenvalue weighted by Crippen LogP contribution is -2.44. The lowest BCUT2D eigenvalue weighted by Gasteiger charge is -2.26. The van der Waals surface area contributed by atoms with Gasteiger partial charge >= 0.3 is 11.9 Å². The SMILES string of the molecule is CC/C=C\C/C=C\C/C=C\C/C=C\C/C=C\C/C=C\C/C=C\CCCCCCCCCCCCCCCCCC(=O)OC(COC(=O)CCCCCCCCCCCCCCCC/C=C\C/C=C\C/C=C\CCCCCCC)COC(OCC[N+](C)(C)C)C(=O)[O-]. The Labute approximate surface area is 561 Å². The van der Waals surface area contributed by atoms with Crippen molar-refractivity contribution in [2.45, 2.75) is 334 Å². The minimum atomic E-state index is -1.63. The summed E-state index contributed by atoms with van der Waals surface area (Å²) in [4.78, 5) is 37.6. The standard InChI is InChI=1S/C82H141NO8/c1-6-8-10-12-14-16-18-20-22-24-26-28-30-32-34-36-37-38-39-40-41-42-43-45-47-49-51-53-55-57-59-61-63-65-67-69-71-73-80(85)91-78(77-90-82(81(86)87)88-75-74-83(3,4)5)76-89-79(84)72-70-68-66-64-62-60-58-56-54-52-50-48-46-44-35-33-31-29-27-25-23-21-19-17-15-13-11-9-7-2/h8,10,14,16,19-22,25-28,31-34,37-38,40-41,78,82H,6-7,9,11-13,15,17-18,23-24,29-30,35-36,39,42-77H2,1-5H3/b10-8-,16-14-,21-19-,22-20-,27-25-,28-26-,33-31-,34-32-,38-37-,41-40-. The van der Waals surface area contributed by atoms with Crippen LogP contribution in [0.3, 0.4) is 0 Å². The number of hydrogen-bond acceptors (Lipinski definition) is 8. The van der Waals surface area contributed by atoms with Gasteiger partial charge in [0.25, 0.3) is 0 Å². The molecule has 0 aromatic rings. The summed E-state index contributed by atoms with van der Waals surface area (Å²) in [5.41, 5.74) is 0. The second kappa shape index (κ2) is 71.5. The van der Waals surface area contributed by atoms with E-state index >= 15 is 0 Å². The zero-order valence-corrected chi connectivity index (χ0v) is 59.7. The van der Waals surface area contributed by atoms with E-state index in [1.807, 2.05) is 21.1 Å². The summed E-state index contributed by atoms with van der Waals surface area (Å²) in [5, 5.41) is 11.8. The van der Waals surface area contributed by atoms with Crippen LogP contribution in [0, 0.1) is 0 Å². The number of carboxylic acids is 1. The lowest BCUT2D eigenvalue weighted by atomic mass is 10.0. The van der Waals surface area contributed by atoms with Gasteiger partial charge in [-0.1, -0.05) is 322 Å². The predicted octanol–water partition coefficient (Wildman–Crippen LogP) is 22.6. The Bertz CT molecular complexity index is 1910. The van der Waals surface area contributed by atoms with Crippen molar-refractivity contribution in [1.29, 1.82) is 0 Å². The molecule has 0 aliphatic rings. The number of ether oxygens (including phenoxy) is 4. The average molecular weight is 1270 g/mol. The van der Waals surface area contributed by atoms with Crippen LogP contribution >= 0.6 is 0 Å². The van der Waals surface area contributed by atoms with Gasteiger partial charge in [-0.3, -0.25) is 9.59 Å². The van der Waals surface area contributed by atoms with Crippen LogP contribution in [-0.2, 0) is 33.3 Å². The van der Waals surface area contributed by atoms with Crippen LogP contribution in [-0.4, -0.2) is 82.3 Å². The van der Waals surface area contributed by atoms with Crippen molar-refractivity contribution in [2.75, 3.05) is 47.5 Å². The van der Waals surface area contributed by atoms with Gasteiger partial charge in [0.1, 0.15) is 13.2 Å². The monoisotopic (exact) mass is 1270 g/mol. The second-order valence-electron chi connectivity index (χ2n) is 26.2. The van der Waals surface area contributed by atoms with Crippen molar-refractivity contribution in [3.05, 3.63) is 122 Å². The number of unbranched alkanes of at least 4 members (excludes halogenated alkanes) is 34. The molecule has 0 aliphatic carbocycles. The number of likely N-dealkylation sites (N-methyl/N-ethyl adjacent to an activating group) is 1. The number of esters is 2. The third kappa shape index (κ3) is 73.0. The Morgan fingerprint density at radius 3 is 0.934 bits per heavy atom. The van der Waals surface area contributed by atoms with Gasteiger partial charge in [-0.25, -0.2) is 0 Å². The van der Waals surface area contributed by atoms with Crippen molar-refractivity contribution in [1.82, 2.24) is 0 Å². The largest absolute Gasteiger partial charge is 0.545 e. The molecule has 0 rings (SSSR count). The van der Waals surface area contributed by atoms with Crippen LogP contribution in [0.1, 0.15) is 322 Å². The van der Waals surface area contributed by atoms with Gasteiger partial charge in [-0.15, -0.1) is 0 Å². The van der Waals surface area contributed by atoms with Crippen LogP contribution < -0.4 is 5.11 Å². The third-order valence-corrected chi connectivity index (χ3v) is 16.2. The smallest absolute Gasteiger partial charge is 0.306 e. The molecule has 0 spiro atoms. The van der Waals surface area contributed by atoms with E-state index < -0.39 is 24.3 Å². The van der Waals surface area contributed by atoms with Crippen LogP contribution in [0.15, 0.2) is 122 Å². The van der Waals surface area contributed by atoms with E-state index in [0.717, 1.165) is 96.3 Å². The molecule has 9 heteroatoms. The summed E-state index contributed by atoms with van der Waals surface area (Å²) in [6.45, 7) is 4.65. The molecule has 0 aliphatic heterocycles. The van der Waals surface area contributed by atoms with Crippen LogP contribution in [0.5, 0.6) is 0 Å². The molecule has 2 atom stereocenters. The molecule has 0 bridgehead atoms. The quantitative estimate of drug-likeness (QED) is 0.0195. The van der Waals surface area contributed by atoms with Gasteiger partial charge in [0, 0.05) is 12.8 Å². The fourth-order valence-electron chi connectivity index (χ4n) is 10.5. The summed E-state index contributed by atoms with van der Waals surface area (Å²) in [7, 11) is 5.93. The minimum Gasteiger partial charge on any atom is -0.545 e. The van der Waals surface area contributed by atoms with Crippen LogP contribution in [0.2, 0.25) is 0 Å². The molecule has 0 fully saturated rings. The third-order valence-electron chi connectivity index (χ3n) is 16.2. The number of hydrogen-bond donors (Lipinski definition) is 0. The Hall–Kier alpha value is -4.31. The number of carbonyl (C=O) groups is 3. The lowest BCUT2D eigenvalue weighted by molar-refractivity contribution is -0.870. The van der Waals surface area contributed by atoms with E-state index in [0.29, 0.717) is 17.4 Å². The molecule has 0 saturated heterocycles. The molecule has 0 saturated carbocycles. The van der Waals surface area contributed by atoms with E-state index in [-0.39, 0.29) is 38.6 Å². The summed E-state index contributed by atoms with van der Waals surface area (Å²) in [6.07, 6.45) is 98.6. The first-order valence-corrected chi connectivity index (χ1v) is 37.7. The molecule has 2 unspecified atom stereocenters. The molecule has 0 heterocycles. The molecule has 0 amide bonds. The van der Waals surface area contributed by atoms with Gasteiger partial charge in [-0.2, -0.15) is 0 Å². The van der Waals surface area contributed by atoms with Crippen LogP contribution in [0.25, 0.3) is 0 Å². The van der Waals surface area contributed by atoms with Crippen LogP contribution in [0.4, 0.5) is 0 Å². The number of carboxylic acid groups (broad SMARTS) is 1. The van der Waals surface area contributed by atoms with Crippen molar-refractivity contribution >= 4 is 17.9 Å². The van der Waals surface area contributed by atoms with E-state index in [4.69, 9.17) is 18.9 Å². The summed E-state index contributed by atoms with van der Waals surface area (Å²) in [5.74, 6) is -2.28. The van der Waals surface area contributed by atoms with E-state index in [1.165, 1.54) is 193 Å². The zero-order chi connectivity index (χ0) is 66.1. The predicted molar refractivity (Wildman–Crippen MR) is 389 cm³/mol. The maximum atomic E-state index is 13.0. The average Bonchev–Trinajstić information content (AvgIpc) is 3.50. The number of carbonyl (C=O) groups excluding carboxylic acids is 3. The topological polar surface area (TPSA) is 111 Å².